The lowest BCUT2D eigenvalue weighted by atomic mass is 10.1. The van der Waals surface area contributed by atoms with Crippen molar-refractivity contribution < 1.29 is 4.74 Å². The van der Waals surface area contributed by atoms with E-state index in [2.05, 4.69) is 23.5 Å². The number of benzene rings is 2. The molecule has 2 aromatic rings. The van der Waals surface area contributed by atoms with Crippen molar-refractivity contribution in [1.29, 1.82) is 5.26 Å². The van der Waals surface area contributed by atoms with Crippen LogP contribution in [0.15, 0.2) is 48.5 Å². The number of hydrogen-bond donors (Lipinski definition) is 1. The Morgan fingerprint density at radius 1 is 1.11 bits per heavy atom. The van der Waals surface area contributed by atoms with Crippen molar-refractivity contribution in [2.24, 2.45) is 0 Å². The minimum atomic E-state index is 0.678. The molecule has 0 radical (unpaired) electrons. The molecule has 0 saturated carbocycles. The molecule has 0 heterocycles. The van der Waals surface area contributed by atoms with Crippen molar-refractivity contribution in [2.45, 2.75) is 6.42 Å². The molecule has 0 aliphatic heterocycles. The van der Waals surface area contributed by atoms with Gasteiger partial charge in [-0.2, -0.15) is 5.26 Å². The molecule has 0 fully saturated rings. The van der Waals surface area contributed by atoms with E-state index in [-0.39, 0.29) is 0 Å². The van der Waals surface area contributed by atoms with Crippen LogP contribution in [0, 0.1) is 11.3 Å². The van der Waals surface area contributed by atoms with Crippen LogP contribution in [0.2, 0.25) is 0 Å². The molecular formula is C16H16N2O. The summed E-state index contributed by atoms with van der Waals surface area (Å²) in [6.07, 6.45) is 0.907. The Hall–Kier alpha value is -2.47. The van der Waals surface area contributed by atoms with Gasteiger partial charge in [-0.3, -0.25) is 0 Å². The van der Waals surface area contributed by atoms with Gasteiger partial charge in [-0.05, 0) is 36.2 Å². The third-order valence-electron chi connectivity index (χ3n) is 2.94. The maximum absolute atomic E-state index is 8.99. The average molecular weight is 252 g/mol. The number of methoxy groups -OCH3 is 1. The first-order valence-electron chi connectivity index (χ1n) is 6.19. The van der Waals surface area contributed by atoms with Crippen LogP contribution in [0.25, 0.3) is 0 Å². The molecule has 2 rings (SSSR count). The van der Waals surface area contributed by atoms with Gasteiger partial charge in [-0.1, -0.05) is 24.3 Å². The van der Waals surface area contributed by atoms with E-state index < -0.39 is 0 Å². The molecule has 96 valence electrons. The standard InChI is InChI=1S/C16H16N2O/c1-19-15-8-6-13(7-9-15)10-11-18-16-5-3-2-4-14(16)12-17/h2-9,18H,10-11H2,1H3. The molecule has 0 aliphatic carbocycles. The fourth-order valence-corrected chi connectivity index (χ4v) is 1.87. The van der Waals surface area contributed by atoms with Gasteiger partial charge in [0.1, 0.15) is 11.8 Å². The molecule has 0 amide bonds. The Balaban J connectivity index is 1.91. The van der Waals surface area contributed by atoms with Crippen LogP contribution in [0.4, 0.5) is 5.69 Å². The Kier molecular flexibility index (Phi) is 4.41. The quantitative estimate of drug-likeness (QED) is 0.888. The number of nitrogens with one attached hydrogen (secondary N) is 1. The van der Waals surface area contributed by atoms with E-state index in [0.717, 1.165) is 24.4 Å². The lowest BCUT2D eigenvalue weighted by Gasteiger charge is -2.08. The van der Waals surface area contributed by atoms with Gasteiger partial charge in [0, 0.05) is 6.54 Å². The molecule has 2 aromatic carbocycles. The van der Waals surface area contributed by atoms with E-state index in [9.17, 15) is 0 Å². The van der Waals surface area contributed by atoms with Crippen LogP contribution in [-0.2, 0) is 6.42 Å². The monoisotopic (exact) mass is 252 g/mol. The lowest BCUT2D eigenvalue weighted by molar-refractivity contribution is 0.414. The summed E-state index contributed by atoms with van der Waals surface area (Å²) in [4.78, 5) is 0. The van der Waals surface area contributed by atoms with Gasteiger partial charge < -0.3 is 10.1 Å². The molecule has 3 nitrogen and oxygen atoms in total. The highest BCUT2D eigenvalue weighted by Gasteiger charge is 2.00. The van der Waals surface area contributed by atoms with Gasteiger partial charge in [0.2, 0.25) is 0 Å². The topological polar surface area (TPSA) is 45.0 Å². The fraction of sp³-hybridized carbons (Fsp3) is 0.188. The van der Waals surface area contributed by atoms with Gasteiger partial charge in [-0.15, -0.1) is 0 Å². The summed E-state index contributed by atoms with van der Waals surface area (Å²) < 4.78 is 5.12. The van der Waals surface area contributed by atoms with E-state index in [0.29, 0.717) is 5.56 Å². The minimum Gasteiger partial charge on any atom is -0.497 e. The first-order chi connectivity index (χ1) is 9.33. The van der Waals surface area contributed by atoms with Crippen molar-refractivity contribution in [1.82, 2.24) is 0 Å². The van der Waals surface area contributed by atoms with Gasteiger partial charge >= 0.3 is 0 Å². The molecule has 0 bridgehead atoms. The zero-order valence-corrected chi connectivity index (χ0v) is 10.9. The minimum absolute atomic E-state index is 0.678. The molecule has 0 saturated heterocycles. The largest absolute Gasteiger partial charge is 0.497 e. The first-order valence-corrected chi connectivity index (χ1v) is 6.19. The summed E-state index contributed by atoms with van der Waals surface area (Å²) in [7, 11) is 1.66. The van der Waals surface area contributed by atoms with Gasteiger partial charge in [-0.25, -0.2) is 0 Å². The van der Waals surface area contributed by atoms with Crippen LogP contribution in [0.3, 0.4) is 0 Å². The number of nitrogens with zero attached hydrogens (tertiary/aromatic N) is 1. The average Bonchev–Trinajstić information content (AvgIpc) is 2.48. The van der Waals surface area contributed by atoms with Gasteiger partial charge in [0.25, 0.3) is 0 Å². The molecule has 0 spiro atoms. The molecule has 0 aromatic heterocycles. The van der Waals surface area contributed by atoms with E-state index in [1.165, 1.54) is 5.56 Å². The molecule has 19 heavy (non-hydrogen) atoms. The maximum atomic E-state index is 8.99. The smallest absolute Gasteiger partial charge is 0.118 e. The highest BCUT2D eigenvalue weighted by atomic mass is 16.5. The number of para-hydroxylation sites is 1. The summed E-state index contributed by atoms with van der Waals surface area (Å²) in [6.45, 7) is 0.797. The van der Waals surface area contributed by atoms with Crippen LogP contribution < -0.4 is 10.1 Å². The van der Waals surface area contributed by atoms with Crippen LogP contribution in [-0.4, -0.2) is 13.7 Å². The first kappa shape index (κ1) is 13.0. The number of ether oxygens (including phenoxy) is 1. The zero-order chi connectivity index (χ0) is 13.5. The summed E-state index contributed by atoms with van der Waals surface area (Å²) in [5.41, 5.74) is 2.80. The third kappa shape index (κ3) is 3.49. The third-order valence-corrected chi connectivity index (χ3v) is 2.94. The second kappa shape index (κ2) is 6.46. The summed E-state index contributed by atoms with van der Waals surface area (Å²) in [6, 6.07) is 17.7. The van der Waals surface area contributed by atoms with Crippen molar-refractivity contribution in [3.05, 3.63) is 59.7 Å². The SMILES string of the molecule is COc1ccc(CCNc2ccccc2C#N)cc1. The van der Waals surface area contributed by atoms with Crippen LogP contribution >= 0.6 is 0 Å². The summed E-state index contributed by atoms with van der Waals surface area (Å²) in [5, 5.41) is 12.3. The fourth-order valence-electron chi connectivity index (χ4n) is 1.87. The number of hydrogen-bond acceptors (Lipinski definition) is 3. The van der Waals surface area contributed by atoms with Crippen LogP contribution in [0.5, 0.6) is 5.75 Å². The second-order valence-electron chi connectivity index (χ2n) is 4.18. The van der Waals surface area contributed by atoms with E-state index in [4.69, 9.17) is 10.00 Å². The molecule has 0 atom stereocenters. The van der Waals surface area contributed by atoms with Gasteiger partial charge in [0.15, 0.2) is 0 Å². The number of anilines is 1. The molecule has 3 heteroatoms. The van der Waals surface area contributed by atoms with Gasteiger partial charge in [0.05, 0.1) is 18.4 Å². The van der Waals surface area contributed by atoms with E-state index in [1.54, 1.807) is 7.11 Å². The highest BCUT2D eigenvalue weighted by molar-refractivity contribution is 5.57. The van der Waals surface area contributed by atoms with Crippen molar-refractivity contribution in [3.63, 3.8) is 0 Å². The normalized spacial score (nSPS) is 9.68. The Bertz CT molecular complexity index is 570. The predicted octanol–water partition coefficient (Wildman–Crippen LogP) is 3.22. The maximum Gasteiger partial charge on any atom is 0.118 e. The second-order valence-corrected chi connectivity index (χ2v) is 4.18. The molecule has 0 aliphatic rings. The van der Waals surface area contributed by atoms with Crippen molar-refractivity contribution >= 4 is 5.69 Å². The summed E-state index contributed by atoms with van der Waals surface area (Å²) >= 11 is 0. The zero-order valence-electron chi connectivity index (χ0n) is 10.9. The highest BCUT2D eigenvalue weighted by Crippen LogP contribution is 2.14. The van der Waals surface area contributed by atoms with Crippen LogP contribution in [0.1, 0.15) is 11.1 Å². The number of rotatable bonds is 5. The molecular weight excluding hydrogens is 236 g/mol. The van der Waals surface area contributed by atoms with E-state index in [1.807, 2.05) is 36.4 Å². The van der Waals surface area contributed by atoms with Crippen molar-refractivity contribution in [2.75, 3.05) is 19.0 Å². The molecule has 1 N–H and O–H groups in total. The van der Waals surface area contributed by atoms with Crippen molar-refractivity contribution in [3.8, 4) is 11.8 Å². The lowest BCUT2D eigenvalue weighted by Crippen LogP contribution is -2.06. The molecule has 0 unspecified atom stereocenters. The van der Waals surface area contributed by atoms with E-state index >= 15 is 0 Å². The number of nitriles is 1. The Labute approximate surface area is 113 Å². The Morgan fingerprint density at radius 3 is 2.53 bits per heavy atom. The summed E-state index contributed by atoms with van der Waals surface area (Å²) in [5.74, 6) is 0.867. The Morgan fingerprint density at radius 2 is 1.84 bits per heavy atom. The predicted molar refractivity (Wildman–Crippen MR) is 76.3 cm³/mol.